The maximum absolute atomic E-state index is 5.67. The highest BCUT2D eigenvalue weighted by Gasteiger charge is 2.22. The predicted molar refractivity (Wildman–Crippen MR) is 73.8 cm³/mol. The van der Waals surface area contributed by atoms with Gasteiger partial charge in [-0.25, -0.2) is 0 Å². The van der Waals surface area contributed by atoms with Crippen LogP contribution in [-0.4, -0.2) is 10.1 Å². The fraction of sp³-hybridized carbons (Fsp3) is 0.467. The standard InChI is InChI=1S/C15H19N3O/c16-13-8-5-11(6-9-13)7-10-14-17-15(18-19-14)12-3-1-2-4-12/h5-6,8-9,12H,1-4,7,10,16H2. The molecule has 0 unspecified atom stereocenters. The fourth-order valence-corrected chi connectivity index (χ4v) is 2.65. The second-order valence-corrected chi connectivity index (χ2v) is 5.27. The van der Waals surface area contributed by atoms with Crippen LogP contribution in [0.2, 0.25) is 0 Å². The minimum Gasteiger partial charge on any atom is -0.399 e. The molecule has 19 heavy (non-hydrogen) atoms. The van der Waals surface area contributed by atoms with Crippen LogP contribution >= 0.6 is 0 Å². The highest BCUT2D eigenvalue weighted by molar-refractivity contribution is 5.39. The van der Waals surface area contributed by atoms with Crippen LogP contribution in [0.15, 0.2) is 28.8 Å². The summed E-state index contributed by atoms with van der Waals surface area (Å²) in [6.45, 7) is 0. The van der Waals surface area contributed by atoms with Crippen molar-refractivity contribution >= 4 is 5.69 Å². The fourth-order valence-electron chi connectivity index (χ4n) is 2.65. The van der Waals surface area contributed by atoms with Gasteiger partial charge in [-0.1, -0.05) is 30.1 Å². The van der Waals surface area contributed by atoms with Gasteiger partial charge in [-0.3, -0.25) is 0 Å². The number of nitrogens with two attached hydrogens (primary N) is 1. The van der Waals surface area contributed by atoms with Crippen molar-refractivity contribution in [3.63, 3.8) is 0 Å². The van der Waals surface area contributed by atoms with Gasteiger partial charge >= 0.3 is 0 Å². The van der Waals surface area contributed by atoms with Crippen LogP contribution in [0, 0.1) is 0 Å². The molecule has 1 aromatic heterocycles. The highest BCUT2D eigenvalue weighted by Crippen LogP contribution is 2.32. The van der Waals surface area contributed by atoms with Gasteiger partial charge in [0.15, 0.2) is 5.82 Å². The molecule has 0 bridgehead atoms. The van der Waals surface area contributed by atoms with E-state index in [1.807, 2.05) is 24.3 Å². The van der Waals surface area contributed by atoms with Crippen molar-refractivity contribution in [1.82, 2.24) is 10.1 Å². The molecule has 4 heteroatoms. The lowest BCUT2D eigenvalue weighted by Gasteiger charge is -2.00. The van der Waals surface area contributed by atoms with E-state index in [2.05, 4.69) is 10.1 Å². The molecule has 0 radical (unpaired) electrons. The minimum atomic E-state index is 0.522. The van der Waals surface area contributed by atoms with E-state index in [0.29, 0.717) is 5.92 Å². The minimum absolute atomic E-state index is 0.522. The van der Waals surface area contributed by atoms with Crippen LogP contribution in [0.3, 0.4) is 0 Å². The second-order valence-electron chi connectivity index (χ2n) is 5.27. The molecule has 1 heterocycles. The smallest absolute Gasteiger partial charge is 0.226 e. The summed E-state index contributed by atoms with van der Waals surface area (Å²) in [5.41, 5.74) is 7.71. The van der Waals surface area contributed by atoms with Gasteiger partial charge in [0.05, 0.1) is 0 Å². The van der Waals surface area contributed by atoms with Gasteiger partial charge in [-0.15, -0.1) is 0 Å². The molecule has 1 saturated carbocycles. The number of benzene rings is 1. The first-order valence-electron chi connectivity index (χ1n) is 6.98. The lowest BCUT2D eigenvalue weighted by Crippen LogP contribution is -1.96. The van der Waals surface area contributed by atoms with E-state index in [1.165, 1.54) is 31.2 Å². The molecular formula is C15H19N3O. The topological polar surface area (TPSA) is 64.9 Å². The first-order chi connectivity index (χ1) is 9.31. The van der Waals surface area contributed by atoms with Gasteiger partial charge in [-0.05, 0) is 37.0 Å². The van der Waals surface area contributed by atoms with Crippen LogP contribution in [-0.2, 0) is 12.8 Å². The van der Waals surface area contributed by atoms with Gasteiger partial charge < -0.3 is 10.3 Å². The van der Waals surface area contributed by atoms with Crippen molar-refractivity contribution in [3.05, 3.63) is 41.5 Å². The van der Waals surface area contributed by atoms with Gasteiger partial charge in [0.2, 0.25) is 5.89 Å². The number of aromatic nitrogens is 2. The van der Waals surface area contributed by atoms with E-state index < -0.39 is 0 Å². The third-order valence-corrected chi connectivity index (χ3v) is 3.81. The number of rotatable bonds is 4. The van der Waals surface area contributed by atoms with E-state index in [9.17, 15) is 0 Å². The van der Waals surface area contributed by atoms with Crippen LogP contribution in [0.5, 0.6) is 0 Å². The Morgan fingerprint density at radius 1 is 1.11 bits per heavy atom. The molecule has 3 rings (SSSR count). The number of hydrogen-bond acceptors (Lipinski definition) is 4. The SMILES string of the molecule is Nc1ccc(CCc2nc(C3CCCC3)no2)cc1. The molecule has 0 aliphatic heterocycles. The Morgan fingerprint density at radius 3 is 2.58 bits per heavy atom. The first kappa shape index (κ1) is 12.2. The Bertz CT molecular complexity index is 527. The Labute approximate surface area is 113 Å². The summed E-state index contributed by atoms with van der Waals surface area (Å²) < 4.78 is 5.34. The van der Waals surface area contributed by atoms with Crippen molar-refractivity contribution in [3.8, 4) is 0 Å². The number of anilines is 1. The van der Waals surface area contributed by atoms with Crippen molar-refractivity contribution in [2.75, 3.05) is 5.73 Å². The van der Waals surface area contributed by atoms with E-state index in [4.69, 9.17) is 10.3 Å². The molecule has 4 nitrogen and oxygen atoms in total. The third kappa shape index (κ3) is 2.95. The Morgan fingerprint density at radius 2 is 1.84 bits per heavy atom. The molecule has 1 aliphatic carbocycles. The Kier molecular flexibility index (Phi) is 3.49. The number of nitrogens with zero attached hydrogens (tertiary/aromatic N) is 2. The van der Waals surface area contributed by atoms with Crippen LogP contribution in [0.25, 0.3) is 0 Å². The third-order valence-electron chi connectivity index (χ3n) is 3.81. The summed E-state index contributed by atoms with van der Waals surface area (Å²) >= 11 is 0. The zero-order valence-electron chi connectivity index (χ0n) is 11.0. The molecular weight excluding hydrogens is 238 g/mol. The molecule has 1 aromatic carbocycles. The van der Waals surface area contributed by atoms with Crippen LogP contribution < -0.4 is 5.73 Å². The molecule has 100 valence electrons. The quantitative estimate of drug-likeness (QED) is 0.855. The van der Waals surface area contributed by atoms with E-state index in [1.54, 1.807) is 0 Å². The number of nitrogen functional groups attached to an aromatic ring is 1. The summed E-state index contributed by atoms with van der Waals surface area (Å²) in [6.07, 6.45) is 6.70. The average molecular weight is 257 g/mol. The average Bonchev–Trinajstić information content (AvgIpc) is 3.09. The van der Waals surface area contributed by atoms with Crippen LogP contribution in [0.4, 0.5) is 5.69 Å². The first-order valence-corrected chi connectivity index (χ1v) is 6.98. The highest BCUT2D eigenvalue weighted by atomic mass is 16.5. The molecule has 1 aliphatic rings. The van der Waals surface area contributed by atoms with E-state index in [0.717, 1.165) is 30.2 Å². The van der Waals surface area contributed by atoms with Gasteiger partial charge in [-0.2, -0.15) is 4.98 Å². The lowest BCUT2D eigenvalue weighted by molar-refractivity contribution is 0.369. The van der Waals surface area contributed by atoms with Crippen molar-refractivity contribution in [2.45, 2.75) is 44.4 Å². The van der Waals surface area contributed by atoms with Crippen LogP contribution in [0.1, 0.15) is 48.9 Å². The van der Waals surface area contributed by atoms with E-state index in [-0.39, 0.29) is 0 Å². The molecule has 2 aromatic rings. The Balaban J connectivity index is 1.59. The summed E-state index contributed by atoms with van der Waals surface area (Å²) in [7, 11) is 0. The molecule has 0 spiro atoms. The zero-order chi connectivity index (χ0) is 13.1. The summed E-state index contributed by atoms with van der Waals surface area (Å²) in [5.74, 6) is 2.18. The van der Waals surface area contributed by atoms with Gasteiger partial charge in [0, 0.05) is 18.0 Å². The normalized spacial score (nSPS) is 16.0. The van der Waals surface area contributed by atoms with Gasteiger partial charge in [0.25, 0.3) is 0 Å². The lowest BCUT2D eigenvalue weighted by atomic mass is 10.1. The predicted octanol–water partition coefficient (Wildman–Crippen LogP) is 3.09. The maximum Gasteiger partial charge on any atom is 0.226 e. The van der Waals surface area contributed by atoms with Crippen molar-refractivity contribution in [1.29, 1.82) is 0 Å². The number of aryl methyl sites for hydroxylation is 2. The maximum atomic E-state index is 5.67. The summed E-state index contributed by atoms with van der Waals surface area (Å²) in [4.78, 5) is 4.52. The van der Waals surface area contributed by atoms with Crippen molar-refractivity contribution < 1.29 is 4.52 Å². The largest absolute Gasteiger partial charge is 0.399 e. The Hall–Kier alpha value is -1.84. The molecule has 1 fully saturated rings. The van der Waals surface area contributed by atoms with Crippen molar-refractivity contribution in [2.24, 2.45) is 0 Å². The zero-order valence-corrected chi connectivity index (χ0v) is 11.0. The molecule has 0 amide bonds. The number of hydrogen-bond donors (Lipinski definition) is 1. The van der Waals surface area contributed by atoms with E-state index >= 15 is 0 Å². The monoisotopic (exact) mass is 257 g/mol. The summed E-state index contributed by atoms with van der Waals surface area (Å²) in [5, 5.41) is 4.12. The molecule has 2 N–H and O–H groups in total. The van der Waals surface area contributed by atoms with Gasteiger partial charge in [0.1, 0.15) is 0 Å². The molecule has 0 atom stereocenters. The summed E-state index contributed by atoms with van der Waals surface area (Å²) in [6, 6.07) is 7.94. The second kappa shape index (κ2) is 5.43. The molecule has 0 saturated heterocycles.